The number of carbonyl (C=O) groups excluding carboxylic acids is 2. The Labute approximate surface area is 227 Å². The van der Waals surface area contributed by atoms with Gasteiger partial charge >= 0.3 is 18.0 Å². The third-order valence-electron chi connectivity index (χ3n) is 7.50. The molecule has 0 radical (unpaired) electrons. The van der Waals surface area contributed by atoms with E-state index in [-0.39, 0.29) is 30.6 Å². The van der Waals surface area contributed by atoms with Gasteiger partial charge in [-0.3, -0.25) is 4.79 Å². The first-order valence-corrected chi connectivity index (χ1v) is 15.7. The van der Waals surface area contributed by atoms with Crippen LogP contribution in [0.4, 0.5) is 4.79 Å². The smallest absolute Gasteiger partial charge is 0.345 e. The lowest BCUT2D eigenvalue weighted by Gasteiger charge is -2.16. The van der Waals surface area contributed by atoms with Crippen LogP contribution < -0.4 is 10.6 Å². The van der Waals surface area contributed by atoms with Crippen molar-refractivity contribution in [1.82, 2.24) is 10.6 Å². The van der Waals surface area contributed by atoms with Gasteiger partial charge in [-0.15, -0.1) is 0 Å². The summed E-state index contributed by atoms with van der Waals surface area (Å²) in [5.74, 6) is -0.591. The van der Waals surface area contributed by atoms with Crippen molar-refractivity contribution >= 4 is 29.7 Å². The topological polar surface area (TPSA) is 125 Å². The molecule has 5 atom stereocenters. The molecule has 2 amide bonds. The van der Waals surface area contributed by atoms with Crippen molar-refractivity contribution in [2.45, 2.75) is 152 Å². The highest BCUT2D eigenvalue weighted by molar-refractivity contribution is 8.00. The van der Waals surface area contributed by atoms with Crippen LogP contribution in [0.15, 0.2) is 0 Å². The summed E-state index contributed by atoms with van der Waals surface area (Å²) in [4.78, 5) is 35.2. The van der Waals surface area contributed by atoms with Gasteiger partial charge in [0.25, 0.3) is 0 Å². The maximum Gasteiger partial charge on any atom is 0.345 e. The van der Waals surface area contributed by atoms with Crippen molar-refractivity contribution in [2.24, 2.45) is 0 Å². The van der Waals surface area contributed by atoms with Crippen LogP contribution in [0.25, 0.3) is 0 Å². The molecule has 0 aromatic heterocycles. The minimum Gasteiger partial charge on any atom is -0.479 e. The zero-order valence-electron chi connectivity index (χ0n) is 22.8. The quantitative estimate of drug-likeness (QED) is 0.0803. The Kier molecular flexibility index (Phi) is 16.1. The van der Waals surface area contributed by atoms with Gasteiger partial charge in [-0.05, 0) is 38.5 Å². The van der Waals surface area contributed by atoms with Crippen LogP contribution in [0.3, 0.4) is 0 Å². The van der Waals surface area contributed by atoms with E-state index in [9.17, 15) is 24.6 Å². The van der Waals surface area contributed by atoms with E-state index >= 15 is 0 Å². The standard InChI is InChI=1S/C28H50N2O6S/c1-2-3-4-10-15-21(31)16-11-8-6-5-7-9-12-17-23(27(33)34)36-25(32)19-14-13-18-24-26-22(20-37-24)29-28(35)30-26/h21-24,26,31H,2-20H2,1H3,(H,33,34)(H2,29,30,35)/t21?,22-,23?,24-,26-/m1/s1. The van der Waals surface area contributed by atoms with E-state index in [4.69, 9.17) is 4.74 Å². The van der Waals surface area contributed by atoms with Crippen molar-refractivity contribution in [2.75, 3.05) is 5.75 Å². The fraction of sp³-hybridized carbons (Fsp3) is 0.893. The van der Waals surface area contributed by atoms with Crippen LogP contribution >= 0.6 is 11.8 Å². The number of rotatable bonds is 22. The van der Waals surface area contributed by atoms with Crippen LogP contribution in [0.1, 0.15) is 122 Å². The summed E-state index contributed by atoms with van der Waals surface area (Å²) >= 11 is 1.85. The SMILES string of the molecule is CCCCCCC(O)CCCCCCCCCC(OC(=O)CCCC[C@H]1SC[C@H]2NC(=O)N[C@H]21)C(=O)O. The number of amides is 2. The molecule has 0 aromatic rings. The normalized spacial score (nSPS) is 22.2. The van der Waals surface area contributed by atoms with Gasteiger partial charge in [-0.1, -0.05) is 77.6 Å². The second-order valence-electron chi connectivity index (χ2n) is 10.7. The van der Waals surface area contributed by atoms with Crippen LogP contribution in [-0.4, -0.2) is 63.5 Å². The first-order chi connectivity index (χ1) is 17.9. The number of aliphatic carboxylic acids is 1. The molecule has 9 heteroatoms. The lowest BCUT2D eigenvalue weighted by molar-refractivity contribution is -0.164. The Morgan fingerprint density at radius 1 is 0.919 bits per heavy atom. The number of ether oxygens (including phenoxy) is 1. The molecule has 0 spiro atoms. The molecule has 4 N–H and O–H groups in total. The lowest BCUT2D eigenvalue weighted by atomic mass is 10.0. The van der Waals surface area contributed by atoms with Gasteiger partial charge < -0.3 is 25.6 Å². The fourth-order valence-corrected chi connectivity index (χ4v) is 6.80. The average Bonchev–Trinajstić information content (AvgIpc) is 3.41. The number of nitrogens with one attached hydrogen (secondary N) is 2. The minimum absolute atomic E-state index is 0.0943. The van der Waals surface area contributed by atoms with E-state index in [1.807, 2.05) is 11.8 Å². The number of aliphatic hydroxyl groups excluding tert-OH is 1. The number of carbonyl (C=O) groups is 3. The van der Waals surface area contributed by atoms with E-state index < -0.39 is 18.0 Å². The summed E-state index contributed by atoms with van der Waals surface area (Å²) < 4.78 is 5.26. The molecule has 0 saturated carbocycles. The van der Waals surface area contributed by atoms with Crippen molar-refractivity contribution in [3.05, 3.63) is 0 Å². The first-order valence-electron chi connectivity index (χ1n) is 14.7. The Morgan fingerprint density at radius 3 is 2.19 bits per heavy atom. The van der Waals surface area contributed by atoms with E-state index in [0.717, 1.165) is 82.8 Å². The molecular formula is C28H50N2O6S. The van der Waals surface area contributed by atoms with Crippen LogP contribution in [0, 0.1) is 0 Å². The monoisotopic (exact) mass is 542 g/mol. The van der Waals surface area contributed by atoms with Crippen molar-refractivity contribution in [3.63, 3.8) is 0 Å². The zero-order valence-corrected chi connectivity index (χ0v) is 23.6. The van der Waals surface area contributed by atoms with Crippen LogP contribution in [-0.2, 0) is 14.3 Å². The second kappa shape index (κ2) is 18.7. The summed E-state index contributed by atoms with van der Waals surface area (Å²) in [5, 5.41) is 25.7. The maximum absolute atomic E-state index is 12.2. The number of fused-ring (bicyclic) bond motifs is 1. The maximum atomic E-state index is 12.2. The molecule has 8 nitrogen and oxygen atoms in total. The van der Waals surface area contributed by atoms with E-state index in [1.54, 1.807) is 0 Å². The number of hydrogen-bond acceptors (Lipinski definition) is 6. The number of hydrogen-bond donors (Lipinski definition) is 4. The van der Waals surface area contributed by atoms with E-state index in [1.165, 1.54) is 19.3 Å². The molecule has 2 aliphatic rings. The van der Waals surface area contributed by atoms with E-state index in [2.05, 4.69) is 17.6 Å². The third-order valence-corrected chi connectivity index (χ3v) is 9.01. The van der Waals surface area contributed by atoms with Crippen LogP contribution in [0.2, 0.25) is 0 Å². The van der Waals surface area contributed by atoms with Crippen molar-refractivity contribution in [1.29, 1.82) is 0 Å². The molecular weight excluding hydrogens is 492 g/mol. The largest absolute Gasteiger partial charge is 0.479 e. The molecule has 2 aliphatic heterocycles. The van der Waals surface area contributed by atoms with Crippen molar-refractivity contribution in [3.8, 4) is 0 Å². The number of aliphatic hydroxyl groups is 1. The van der Waals surface area contributed by atoms with Gasteiger partial charge in [0, 0.05) is 17.4 Å². The van der Waals surface area contributed by atoms with Crippen molar-refractivity contribution < 1.29 is 29.3 Å². The number of unbranched alkanes of at least 4 members (excludes halogenated alkanes) is 10. The highest BCUT2D eigenvalue weighted by Gasteiger charge is 2.42. The molecule has 2 saturated heterocycles. The summed E-state index contributed by atoms with van der Waals surface area (Å²) in [6.07, 6.45) is 15.6. The number of carboxylic acid groups (broad SMARTS) is 1. The Bertz CT molecular complexity index is 679. The fourth-order valence-electron chi connectivity index (χ4n) is 5.25. The molecule has 2 unspecified atom stereocenters. The van der Waals surface area contributed by atoms with Gasteiger partial charge in [-0.2, -0.15) is 11.8 Å². The summed E-state index contributed by atoms with van der Waals surface area (Å²) in [6.45, 7) is 2.20. The zero-order chi connectivity index (χ0) is 26.9. The third kappa shape index (κ3) is 13.2. The molecule has 214 valence electrons. The molecule has 37 heavy (non-hydrogen) atoms. The van der Waals surface area contributed by atoms with E-state index in [0.29, 0.717) is 18.1 Å². The predicted octanol–water partition coefficient (Wildman–Crippen LogP) is 5.55. The van der Waals surface area contributed by atoms with Gasteiger partial charge in [0.05, 0.1) is 18.2 Å². The van der Waals surface area contributed by atoms with Gasteiger partial charge in [0.1, 0.15) is 0 Å². The number of urea groups is 1. The highest BCUT2D eigenvalue weighted by atomic mass is 32.2. The summed E-state index contributed by atoms with van der Waals surface area (Å²) in [5.41, 5.74) is 0. The Morgan fingerprint density at radius 2 is 1.54 bits per heavy atom. The first kappa shape index (κ1) is 31.7. The Hall–Kier alpha value is -1.48. The molecule has 2 heterocycles. The Balaban J connectivity index is 1.44. The molecule has 0 aliphatic carbocycles. The molecule has 2 rings (SSSR count). The molecule has 0 bridgehead atoms. The van der Waals surface area contributed by atoms with Gasteiger partial charge in [-0.25, -0.2) is 9.59 Å². The number of carboxylic acids is 1. The number of thioether (sulfide) groups is 1. The summed E-state index contributed by atoms with van der Waals surface area (Å²) in [7, 11) is 0. The molecule has 0 aromatic carbocycles. The van der Waals surface area contributed by atoms with Gasteiger partial charge in [0.15, 0.2) is 6.10 Å². The average molecular weight is 543 g/mol. The predicted molar refractivity (Wildman–Crippen MR) is 148 cm³/mol. The molecule has 2 fully saturated rings. The van der Waals surface area contributed by atoms with Crippen LogP contribution in [0.5, 0.6) is 0 Å². The number of esters is 1. The van der Waals surface area contributed by atoms with Gasteiger partial charge in [0.2, 0.25) is 0 Å². The second-order valence-corrected chi connectivity index (χ2v) is 12.0. The summed E-state index contributed by atoms with van der Waals surface area (Å²) in [6, 6.07) is 0.273. The lowest BCUT2D eigenvalue weighted by Crippen LogP contribution is -2.36. The highest BCUT2D eigenvalue weighted by Crippen LogP contribution is 2.33. The minimum atomic E-state index is -1.07.